The molecule has 106 valence electrons. The molecule has 2 aromatic heterocycles. The summed E-state index contributed by atoms with van der Waals surface area (Å²) in [5.41, 5.74) is 1.73. The molecule has 20 heavy (non-hydrogen) atoms. The fraction of sp³-hybridized carbons (Fsp3) is 0.286. The zero-order valence-electron chi connectivity index (χ0n) is 11.0. The Hall–Kier alpha value is -1.66. The van der Waals surface area contributed by atoms with E-state index in [0.717, 1.165) is 29.5 Å². The summed E-state index contributed by atoms with van der Waals surface area (Å²) in [6.07, 6.45) is 6.23. The second-order valence-corrected chi connectivity index (χ2v) is 5.29. The molecule has 0 aliphatic heterocycles. The van der Waals surface area contributed by atoms with E-state index in [1.54, 1.807) is 18.5 Å². The van der Waals surface area contributed by atoms with Crippen LogP contribution in [-0.2, 0) is 6.54 Å². The summed E-state index contributed by atoms with van der Waals surface area (Å²) in [7, 11) is 0. The lowest BCUT2D eigenvalue weighted by atomic mass is 10.3. The van der Waals surface area contributed by atoms with Crippen LogP contribution in [0, 0.1) is 0 Å². The molecule has 1 amide bonds. The minimum absolute atomic E-state index is 0.0806. The highest BCUT2D eigenvalue weighted by Gasteiger charge is 2.06. The molecule has 6 heteroatoms. The van der Waals surface area contributed by atoms with E-state index in [-0.39, 0.29) is 5.91 Å². The number of hydrogen-bond donors (Lipinski definition) is 3. The van der Waals surface area contributed by atoms with Crippen molar-refractivity contribution in [1.29, 1.82) is 0 Å². The molecule has 0 spiro atoms. The van der Waals surface area contributed by atoms with Crippen molar-refractivity contribution < 1.29 is 4.79 Å². The highest BCUT2D eigenvalue weighted by atomic mass is 79.9. The van der Waals surface area contributed by atoms with Crippen LogP contribution in [0.1, 0.15) is 22.5 Å². The predicted octanol–water partition coefficient (Wildman–Crippen LogP) is 2.08. The number of nitrogens with one attached hydrogen (secondary N) is 3. The molecule has 0 aromatic carbocycles. The van der Waals surface area contributed by atoms with E-state index in [2.05, 4.69) is 36.5 Å². The maximum Gasteiger partial charge on any atom is 0.267 e. The largest absolute Gasteiger partial charge is 0.356 e. The molecule has 0 aliphatic carbocycles. The van der Waals surface area contributed by atoms with Crippen LogP contribution >= 0.6 is 15.9 Å². The number of pyridine rings is 1. The Labute approximate surface area is 126 Å². The minimum atomic E-state index is -0.0806. The van der Waals surface area contributed by atoms with Gasteiger partial charge in [-0.05, 0) is 46.6 Å². The monoisotopic (exact) mass is 336 g/mol. The molecule has 0 saturated heterocycles. The van der Waals surface area contributed by atoms with Gasteiger partial charge in [-0.2, -0.15) is 0 Å². The van der Waals surface area contributed by atoms with Gasteiger partial charge in [0.25, 0.3) is 5.91 Å². The van der Waals surface area contributed by atoms with Crippen LogP contribution in [0.4, 0.5) is 0 Å². The first-order valence-electron chi connectivity index (χ1n) is 6.47. The summed E-state index contributed by atoms with van der Waals surface area (Å²) in [6, 6.07) is 5.71. The summed E-state index contributed by atoms with van der Waals surface area (Å²) in [6.45, 7) is 2.30. The summed E-state index contributed by atoms with van der Waals surface area (Å²) < 4.78 is 0.876. The summed E-state index contributed by atoms with van der Waals surface area (Å²) in [5.74, 6) is -0.0806. The molecule has 0 radical (unpaired) electrons. The number of carbonyl (C=O) groups excluding carboxylic acids is 1. The Morgan fingerprint density at radius 3 is 3.00 bits per heavy atom. The molecule has 2 aromatic rings. The highest BCUT2D eigenvalue weighted by Crippen LogP contribution is 2.10. The van der Waals surface area contributed by atoms with Crippen molar-refractivity contribution in [2.45, 2.75) is 13.0 Å². The third-order valence-electron chi connectivity index (χ3n) is 2.76. The summed E-state index contributed by atoms with van der Waals surface area (Å²) in [5, 5.41) is 6.18. The van der Waals surface area contributed by atoms with Crippen molar-refractivity contribution in [2.75, 3.05) is 13.1 Å². The molecule has 0 atom stereocenters. The van der Waals surface area contributed by atoms with Gasteiger partial charge in [0.15, 0.2) is 0 Å². The number of rotatable bonds is 7. The zero-order chi connectivity index (χ0) is 14.2. The van der Waals surface area contributed by atoms with Gasteiger partial charge in [-0.1, -0.05) is 6.07 Å². The van der Waals surface area contributed by atoms with Gasteiger partial charge in [-0.25, -0.2) is 0 Å². The van der Waals surface area contributed by atoms with Gasteiger partial charge in [0, 0.05) is 36.2 Å². The Bertz CT molecular complexity index is 541. The van der Waals surface area contributed by atoms with E-state index in [1.807, 2.05) is 18.3 Å². The molecular weight excluding hydrogens is 320 g/mol. The average molecular weight is 337 g/mol. The van der Waals surface area contributed by atoms with Crippen molar-refractivity contribution in [1.82, 2.24) is 20.6 Å². The first-order chi connectivity index (χ1) is 9.75. The lowest BCUT2D eigenvalue weighted by Crippen LogP contribution is -2.27. The lowest BCUT2D eigenvalue weighted by molar-refractivity contribution is 0.0949. The maximum atomic E-state index is 11.7. The molecule has 2 rings (SSSR count). The molecule has 0 saturated carbocycles. The maximum absolute atomic E-state index is 11.7. The van der Waals surface area contributed by atoms with Crippen LogP contribution in [0.5, 0.6) is 0 Å². The number of aromatic amines is 1. The first-order valence-corrected chi connectivity index (χ1v) is 7.27. The summed E-state index contributed by atoms with van der Waals surface area (Å²) in [4.78, 5) is 18.7. The molecule has 2 heterocycles. The smallest absolute Gasteiger partial charge is 0.267 e. The van der Waals surface area contributed by atoms with Crippen molar-refractivity contribution in [3.8, 4) is 0 Å². The minimum Gasteiger partial charge on any atom is -0.356 e. The third-order valence-corrected chi connectivity index (χ3v) is 3.22. The summed E-state index contributed by atoms with van der Waals surface area (Å²) >= 11 is 3.30. The van der Waals surface area contributed by atoms with Crippen molar-refractivity contribution in [2.24, 2.45) is 0 Å². The highest BCUT2D eigenvalue weighted by molar-refractivity contribution is 9.10. The van der Waals surface area contributed by atoms with Crippen molar-refractivity contribution >= 4 is 21.8 Å². The van der Waals surface area contributed by atoms with Crippen LogP contribution in [0.25, 0.3) is 0 Å². The number of amides is 1. The number of aromatic nitrogens is 2. The average Bonchev–Trinajstić information content (AvgIpc) is 2.90. The van der Waals surface area contributed by atoms with Crippen LogP contribution < -0.4 is 10.6 Å². The Balaban J connectivity index is 1.57. The molecule has 0 aliphatic rings. The van der Waals surface area contributed by atoms with E-state index in [4.69, 9.17) is 0 Å². The fourth-order valence-corrected chi connectivity index (χ4v) is 2.09. The van der Waals surface area contributed by atoms with Crippen molar-refractivity contribution in [3.05, 3.63) is 52.5 Å². The number of H-pyrrole nitrogens is 1. The molecule has 0 unspecified atom stereocenters. The van der Waals surface area contributed by atoms with Gasteiger partial charge >= 0.3 is 0 Å². The Morgan fingerprint density at radius 2 is 2.30 bits per heavy atom. The Kier molecular flexibility index (Phi) is 5.76. The molecule has 5 nitrogen and oxygen atoms in total. The SMILES string of the molecule is O=C(NCCCNCc1cccnc1)c1cc(Br)c[nH]1. The Morgan fingerprint density at radius 1 is 1.40 bits per heavy atom. The quantitative estimate of drug-likeness (QED) is 0.678. The van der Waals surface area contributed by atoms with E-state index in [0.29, 0.717) is 12.2 Å². The normalized spacial score (nSPS) is 10.4. The van der Waals surface area contributed by atoms with Crippen LogP contribution in [0.3, 0.4) is 0 Å². The molecule has 3 N–H and O–H groups in total. The van der Waals surface area contributed by atoms with Gasteiger partial charge in [0.2, 0.25) is 0 Å². The second-order valence-electron chi connectivity index (χ2n) is 4.38. The van der Waals surface area contributed by atoms with E-state index < -0.39 is 0 Å². The van der Waals surface area contributed by atoms with E-state index in [1.165, 1.54) is 0 Å². The van der Waals surface area contributed by atoms with Gasteiger partial charge in [-0.15, -0.1) is 0 Å². The van der Waals surface area contributed by atoms with E-state index >= 15 is 0 Å². The van der Waals surface area contributed by atoms with Gasteiger partial charge in [0.05, 0.1) is 0 Å². The van der Waals surface area contributed by atoms with Gasteiger partial charge < -0.3 is 15.6 Å². The number of nitrogens with zero attached hydrogens (tertiary/aromatic N) is 1. The number of halogens is 1. The standard InChI is InChI=1S/C14H17BrN4O/c15-12-7-13(19-10-12)14(20)18-6-2-5-17-9-11-3-1-4-16-8-11/h1,3-4,7-8,10,17,19H,2,5-6,9H2,(H,18,20). The first kappa shape index (κ1) is 14.7. The molecule has 0 bridgehead atoms. The van der Waals surface area contributed by atoms with Crippen LogP contribution in [-0.4, -0.2) is 29.0 Å². The van der Waals surface area contributed by atoms with Crippen LogP contribution in [0.2, 0.25) is 0 Å². The fourth-order valence-electron chi connectivity index (χ4n) is 1.74. The number of carbonyl (C=O) groups is 1. The topological polar surface area (TPSA) is 69.8 Å². The zero-order valence-corrected chi connectivity index (χ0v) is 12.6. The molecule has 0 fully saturated rings. The second kappa shape index (κ2) is 7.81. The van der Waals surface area contributed by atoms with Crippen molar-refractivity contribution in [3.63, 3.8) is 0 Å². The molecular formula is C14H17BrN4O. The lowest BCUT2D eigenvalue weighted by Gasteiger charge is -2.06. The number of hydrogen-bond acceptors (Lipinski definition) is 3. The van der Waals surface area contributed by atoms with Crippen LogP contribution in [0.15, 0.2) is 41.3 Å². The predicted molar refractivity (Wildman–Crippen MR) is 81.4 cm³/mol. The van der Waals surface area contributed by atoms with E-state index in [9.17, 15) is 4.79 Å². The van der Waals surface area contributed by atoms with Gasteiger partial charge in [-0.3, -0.25) is 9.78 Å². The van der Waals surface area contributed by atoms with Gasteiger partial charge in [0.1, 0.15) is 5.69 Å². The third kappa shape index (κ3) is 4.79.